The largest absolute Gasteiger partial charge is 0.469 e. The van der Waals surface area contributed by atoms with Crippen LogP contribution in [0.15, 0.2) is 67.3 Å². The van der Waals surface area contributed by atoms with Crippen LogP contribution in [0.5, 0.6) is 0 Å². The number of amides is 3. The first-order valence-corrected chi connectivity index (χ1v) is 14.4. The molecule has 1 aliphatic carbocycles. The summed E-state index contributed by atoms with van der Waals surface area (Å²) in [6.07, 6.45) is 0.869. The molecule has 11 nitrogen and oxygen atoms in total. The van der Waals surface area contributed by atoms with Gasteiger partial charge in [-0.05, 0) is 56.9 Å². The second-order valence-corrected chi connectivity index (χ2v) is 12.2. The number of methoxy groups -OCH3 is 1. The SMILES string of the molecule is C=C[C@@H]1C[C@]1(NC(=O)OC(C)(C)C)C(=O)NS(=O)(=O)N(C(=O)Cc1cccc(CCC(=O)OC)c1)c1ccccc1. The first-order chi connectivity index (χ1) is 19.2. The molecule has 3 amide bonds. The summed E-state index contributed by atoms with van der Waals surface area (Å²) >= 11 is 0. The van der Waals surface area contributed by atoms with Crippen LogP contribution in [-0.2, 0) is 46.9 Å². The number of nitrogens with one attached hydrogen (secondary N) is 2. The molecule has 1 fully saturated rings. The van der Waals surface area contributed by atoms with Gasteiger partial charge < -0.3 is 14.8 Å². The van der Waals surface area contributed by atoms with Crippen LogP contribution < -0.4 is 14.3 Å². The Bertz CT molecular complexity index is 1420. The van der Waals surface area contributed by atoms with Crippen LogP contribution in [0.3, 0.4) is 0 Å². The molecule has 0 bridgehead atoms. The Morgan fingerprint density at radius 2 is 1.73 bits per heavy atom. The summed E-state index contributed by atoms with van der Waals surface area (Å²) in [6.45, 7) is 8.62. The fourth-order valence-corrected chi connectivity index (χ4v) is 5.48. The Morgan fingerprint density at radius 3 is 2.32 bits per heavy atom. The third-order valence-electron chi connectivity index (χ3n) is 6.30. The highest BCUT2D eigenvalue weighted by Gasteiger charge is 2.61. The van der Waals surface area contributed by atoms with Gasteiger partial charge in [0, 0.05) is 12.3 Å². The summed E-state index contributed by atoms with van der Waals surface area (Å²) in [5, 5.41) is 2.48. The van der Waals surface area contributed by atoms with Crippen molar-refractivity contribution < 1.29 is 37.1 Å². The zero-order chi connectivity index (χ0) is 30.4. The summed E-state index contributed by atoms with van der Waals surface area (Å²) in [5.41, 5.74) is -1.15. The van der Waals surface area contributed by atoms with Crippen LogP contribution in [0.25, 0.3) is 0 Å². The lowest BCUT2D eigenvalue weighted by Gasteiger charge is -2.26. The van der Waals surface area contributed by atoms with E-state index in [1.54, 1.807) is 63.2 Å². The Hall–Kier alpha value is -4.19. The molecule has 12 heteroatoms. The van der Waals surface area contributed by atoms with Gasteiger partial charge in [-0.3, -0.25) is 14.4 Å². The average molecular weight is 586 g/mol. The average Bonchev–Trinajstić information content (AvgIpc) is 3.60. The van der Waals surface area contributed by atoms with E-state index in [0.717, 1.165) is 5.56 Å². The Morgan fingerprint density at radius 1 is 1.07 bits per heavy atom. The number of benzene rings is 2. The molecule has 41 heavy (non-hydrogen) atoms. The van der Waals surface area contributed by atoms with Gasteiger partial charge in [-0.15, -0.1) is 6.58 Å². The topological polar surface area (TPSA) is 148 Å². The maximum Gasteiger partial charge on any atom is 0.408 e. The van der Waals surface area contributed by atoms with Crippen LogP contribution in [0.2, 0.25) is 0 Å². The van der Waals surface area contributed by atoms with Crippen molar-refractivity contribution in [2.75, 3.05) is 11.4 Å². The minimum absolute atomic E-state index is 0.0184. The number of esters is 1. The van der Waals surface area contributed by atoms with Gasteiger partial charge >= 0.3 is 22.3 Å². The maximum absolute atomic E-state index is 13.6. The molecule has 0 saturated heterocycles. The van der Waals surface area contributed by atoms with Crippen molar-refractivity contribution in [1.29, 1.82) is 0 Å². The molecule has 220 valence electrons. The number of hydrogen-bond acceptors (Lipinski definition) is 8. The van der Waals surface area contributed by atoms with E-state index >= 15 is 0 Å². The van der Waals surface area contributed by atoms with Gasteiger partial charge in [0.05, 0.1) is 19.2 Å². The summed E-state index contributed by atoms with van der Waals surface area (Å²) in [7, 11) is -3.48. The van der Waals surface area contributed by atoms with E-state index in [2.05, 4.69) is 16.6 Å². The van der Waals surface area contributed by atoms with E-state index in [1.807, 2.05) is 4.72 Å². The monoisotopic (exact) mass is 585 g/mol. The van der Waals surface area contributed by atoms with E-state index in [0.29, 0.717) is 16.3 Å². The Balaban J connectivity index is 1.85. The number of hydrogen-bond donors (Lipinski definition) is 2. The van der Waals surface area contributed by atoms with Gasteiger partial charge in [-0.25, -0.2) is 9.52 Å². The number of carbonyl (C=O) groups is 4. The number of carbonyl (C=O) groups excluding carboxylic acids is 4. The molecule has 3 rings (SSSR count). The summed E-state index contributed by atoms with van der Waals surface area (Å²) < 4.78 is 39.6. The van der Waals surface area contributed by atoms with E-state index in [-0.39, 0.29) is 30.9 Å². The number of rotatable bonds is 11. The van der Waals surface area contributed by atoms with E-state index in [9.17, 15) is 27.6 Å². The number of aryl methyl sites for hydroxylation is 1. The third-order valence-corrected chi connectivity index (χ3v) is 7.64. The standard InChI is InChI=1S/C29H35N3O8S/c1-6-22-19-29(22,30-27(36)40-28(2,3)4)26(35)31-41(37,38)32(23-13-8-7-9-14-23)24(33)18-21-12-10-11-20(17-21)15-16-25(34)39-5/h6-14,17,22H,1,15-16,18-19H2,2-5H3,(H,30,36)(H,31,35)/t22-,29-/m1/s1. The molecule has 2 atom stereocenters. The van der Waals surface area contributed by atoms with Crippen LogP contribution in [0.4, 0.5) is 10.5 Å². The molecule has 2 N–H and O–H groups in total. The first-order valence-electron chi connectivity index (χ1n) is 12.9. The predicted octanol–water partition coefficient (Wildman–Crippen LogP) is 3.20. The number of anilines is 1. The van der Waals surface area contributed by atoms with Crippen LogP contribution in [0.1, 0.15) is 44.7 Å². The highest BCUT2D eigenvalue weighted by atomic mass is 32.2. The van der Waals surface area contributed by atoms with Gasteiger partial charge in [0.15, 0.2) is 0 Å². The van der Waals surface area contributed by atoms with Gasteiger partial charge in [0.25, 0.3) is 5.91 Å². The van der Waals surface area contributed by atoms with Crippen molar-refractivity contribution >= 4 is 39.8 Å². The second-order valence-electron chi connectivity index (χ2n) is 10.6. The maximum atomic E-state index is 13.6. The lowest BCUT2D eigenvalue weighted by molar-refractivity contribution is -0.140. The molecule has 0 aliphatic heterocycles. The zero-order valence-electron chi connectivity index (χ0n) is 23.5. The molecule has 0 unspecified atom stereocenters. The van der Waals surface area contributed by atoms with Gasteiger partial charge in [-0.1, -0.05) is 48.5 Å². The minimum atomic E-state index is -4.78. The molecule has 2 aromatic rings. The van der Waals surface area contributed by atoms with Crippen LogP contribution >= 0.6 is 0 Å². The van der Waals surface area contributed by atoms with E-state index in [4.69, 9.17) is 4.74 Å². The fourth-order valence-electron chi connectivity index (χ4n) is 4.24. The van der Waals surface area contributed by atoms with Crippen molar-refractivity contribution in [3.8, 4) is 0 Å². The molecule has 2 aromatic carbocycles. The molecular formula is C29H35N3O8S. The van der Waals surface area contributed by atoms with Crippen molar-refractivity contribution in [2.24, 2.45) is 5.92 Å². The highest BCUT2D eigenvalue weighted by Crippen LogP contribution is 2.45. The molecule has 0 heterocycles. The zero-order valence-corrected chi connectivity index (χ0v) is 24.3. The van der Waals surface area contributed by atoms with Crippen LogP contribution in [0, 0.1) is 5.92 Å². The number of ether oxygens (including phenoxy) is 2. The lowest BCUT2D eigenvalue weighted by Crippen LogP contribution is -2.56. The molecule has 0 radical (unpaired) electrons. The third kappa shape index (κ3) is 8.16. The van der Waals surface area contributed by atoms with E-state index < -0.39 is 45.2 Å². The van der Waals surface area contributed by atoms with Crippen molar-refractivity contribution in [2.45, 2.75) is 57.6 Å². The van der Waals surface area contributed by atoms with Crippen molar-refractivity contribution in [3.05, 3.63) is 78.4 Å². The van der Waals surface area contributed by atoms with Gasteiger partial charge in [0.2, 0.25) is 5.91 Å². The van der Waals surface area contributed by atoms with Crippen molar-refractivity contribution in [3.63, 3.8) is 0 Å². The number of para-hydroxylation sites is 1. The minimum Gasteiger partial charge on any atom is -0.469 e. The summed E-state index contributed by atoms with van der Waals surface area (Å²) in [5.74, 6) is -2.77. The first kappa shape index (κ1) is 31.3. The molecule has 1 aliphatic rings. The van der Waals surface area contributed by atoms with Crippen LogP contribution in [-0.4, -0.2) is 50.5 Å². The molecule has 1 saturated carbocycles. The second kappa shape index (κ2) is 12.5. The fraction of sp³-hybridized carbons (Fsp3) is 0.379. The molecular weight excluding hydrogens is 550 g/mol. The number of alkyl carbamates (subject to hydrolysis) is 1. The van der Waals surface area contributed by atoms with Gasteiger partial charge in [0.1, 0.15) is 11.1 Å². The number of nitrogens with zero attached hydrogens (tertiary/aromatic N) is 1. The highest BCUT2D eigenvalue weighted by molar-refractivity contribution is 7.92. The normalized spacial score (nSPS) is 18.0. The summed E-state index contributed by atoms with van der Waals surface area (Å²) in [4.78, 5) is 50.8. The summed E-state index contributed by atoms with van der Waals surface area (Å²) in [6, 6.07) is 14.5. The predicted molar refractivity (Wildman–Crippen MR) is 152 cm³/mol. The molecule has 0 aromatic heterocycles. The van der Waals surface area contributed by atoms with E-state index in [1.165, 1.54) is 25.3 Å². The van der Waals surface area contributed by atoms with Gasteiger partial charge in [-0.2, -0.15) is 12.7 Å². The molecule has 0 spiro atoms. The smallest absolute Gasteiger partial charge is 0.408 e. The quantitative estimate of drug-likeness (QED) is 0.302. The Labute approximate surface area is 240 Å². The van der Waals surface area contributed by atoms with Crippen molar-refractivity contribution in [1.82, 2.24) is 10.0 Å². The lowest BCUT2D eigenvalue weighted by atomic mass is 10.0. The Kier molecular flexibility index (Phi) is 9.59.